The maximum Gasteiger partial charge on any atom is 0.0482 e. The summed E-state index contributed by atoms with van der Waals surface area (Å²) >= 11 is 4.19. The van der Waals surface area contributed by atoms with Crippen molar-refractivity contribution >= 4 is 23.5 Å². The molecule has 1 aliphatic carbocycles. The second-order valence-electron chi connectivity index (χ2n) is 6.16. The highest BCUT2D eigenvalue weighted by Crippen LogP contribution is 2.42. The number of nitrogens with two attached hydrogens (primary N) is 1. The first-order chi connectivity index (χ1) is 10.2. The Morgan fingerprint density at radius 1 is 1.38 bits per heavy atom. The molecule has 0 radical (unpaired) electrons. The van der Waals surface area contributed by atoms with Gasteiger partial charge in [-0.1, -0.05) is 19.9 Å². The smallest absolute Gasteiger partial charge is 0.0482 e. The van der Waals surface area contributed by atoms with E-state index in [9.17, 15) is 0 Å². The Balaban J connectivity index is 1.81. The average Bonchev–Trinajstić information content (AvgIpc) is 2.52. The summed E-state index contributed by atoms with van der Waals surface area (Å²) in [5.41, 5.74) is 5.84. The van der Waals surface area contributed by atoms with Gasteiger partial charge in [-0.25, -0.2) is 0 Å². The van der Waals surface area contributed by atoms with Gasteiger partial charge < -0.3 is 0 Å². The lowest BCUT2D eigenvalue weighted by atomic mass is 9.81. The number of nitrogens with zero attached hydrogens (tertiary/aromatic N) is 1. The molecule has 3 N–H and O–H groups in total. The summed E-state index contributed by atoms with van der Waals surface area (Å²) in [6.07, 6.45) is 5.54. The molecule has 3 nitrogen and oxygen atoms in total. The number of thioether (sulfide) groups is 2. The van der Waals surface area contributed by atoms with E-state index in [2.05, 4.69) is 59.9 Å². The number of hydrazine groups is 1. The highest BCUT2D eigenvalue weighted by molar-refractivity contribution is 8.07. The van der Waals surface area contributed by atoms with E-state index in [0.29, 0.717) is 22.5 Å². The molecule has 5 atom stereocenters. The van der Waals surface area contributed by atoms with Crippen molar-refractivity contribution in [3.05, 3.63) is 29.6 Å². The van der Waals surface area contributed by atoms with Crippen molar-refractivity contribution in [2.24, 2.45) is 5.84 Å². The molecule has 0 saturated carbocycles. The zero-order chi connectivity index (χ0) is 14.8. The fourth-order valence-electron chi connectivity index (χ4n) is 3.47. The minimum absolute atomic E-state index is 0.325. The molecule has 1 saturated heterocycles. The summed E-state index contributed by atoms with van der Waals surface area (Å²) in [6, 6.07) is 4.61. The Bertz CT molecular complexity index is 482. The molecular formula is C16H25N3S2. The van der Waals surface area contributed by atoms with E-state index >= 15 is 0 Å². The summed E-state index contributed by atoms with van der Waals surface area (Å²) < 4.78 is 0. The third kappa shape index (κ3) is 3.26. The van der Waals surface area contributed by atoms with Gasteiger partial charge in [0, 0.05) is 45.4 Å². The molecule has 0 spiro atoms. The van der Waals surface area contributed by atoms with Crippen LogP contribution >= 0.6 is 23.5 Å². The lowest BCUT2D eigenvalue weighted by Crippen LogP contribution is -2.50. The van der Waals surface area contributed by atoms with E-state index in [1.807, 2.05) is 6.20 Å². The van der Waals surface area contributed by atoms with Crippen LogP contribution in [0.4, 0.5) is 0 Å². The van der Waals surface area contributed by atoms with Crippen LogP contribution in [0.5, 0.6) is 0 Å². The Hall–Kier alpha value is -0.230. The Morgan fingerprint density at radius 2 is 2.24 bits per heavy atom. The third-order valence-corrected chi connectivity index (χ3v) is 8.35. The zero-order valence-corrected chi connectivity index (χ0v) is 14.4. The highest BCUT2D eigenvalue weighted by atomic mass is 32.2. The van der Waals surface area contributed by atoms with Crippen LogP contribution < -0.4 is 11.3 Å². The first-order valence-corrected chi connectivity index (χ1v) is 9.87. The predicted octanol–water partition coefficient (Wildman–Crippen LogP) is 2.96. The van der Waals surface area contributed by atoms with Gasteiger partial charge in [-0.3, -0.25) is 16.3 Å². The third-order valence-electron chi connectivity index (χ3n) is 4.84. The molecule has 5 unspecified atom stereocenters. The van der Waals surface area contributed by atoms with Crippen molar-refractivity contribution in [1.29, 1.82) is 0 Å². The maximum atomic E-state index is 5.97. The van der Waals surface area contributed by atoms with Crippen molar-refractivity contribution in [2.75, 3.05) is 5.75 Å². The van der Waals surface area contributed by atoms with Crippen molar-refractivity contribution in [3.8, 4) is 0 Å². The number of hydrogen-bond acceptors (Lipinski definition) is 5. The summed E-state index contributed by atoms with van der Waals surface area (Å²) in [6.45, 7) is 4.68. The van der Waals surface area contributed by atoms with Crippen LogP contribution in [0, 0.1) is 0 Å². The van der Waals surface area contributed by atoms with Crippen molar-refractivity contribution in [3.63, 3.8) is 0 Å². The molecule has 21 heavy (non-hydrogen) atoms. The number of pyridine rings is 1. The van der Waals surface area contributed by atoms with Crippen molar-refractivity contribution in [2.45, 2.75) is 60.8 Å². The van der Waals surface area contributed by atoms with E-state index in [0.717, 1.165) is 11.7 Å². The molecule has 1 aliphatic heterocycles. The standard InChI is InChI=1S/C16H25N3S2/c1-10-11(2)21-14(9-20-10)16(19-17)13-7-3-5-12-6-4-8-18-15(12)13/h4,6,8,10-11,13-14,16,19H,3,5,7,9,17H2,1-2H3. The van der Waals surface area contributed by atoms with Crippen LogP contribution in [0.2, 0.25) is 0 Å². The van der Waals surface area contributed by atoms with Crippen LogP contribution in [0.15, 0.2) is 18.3 Å². The fraction of sp³-hybridized carbons (Fsp3) is 0.688. The topological polar surface area (TPSA) is 50.9 Å². The van der Waals surface area contributed by atoms with E-state index in [-0.39, 0.29) is 0 Å². The summed E-state index contributed by atoms with van der Waals surface area (Å²) in [7, 11) is 0. The average molecular weight is 324 g/mol. The van der Waals surface area contributed by atoms with Gasteiger partial charge in [-0.15, -0.1) is 0 Å². The van der Waals surface area contributed by atoms with Gasteiger partial charge in [-0.05, 0) is 30.9 Å². The van der Waals surface area contributed by atoms with Crippen LogP contribution in [0.1, 0.15) is 43.9 Å². The van der Waals surface area contributed by atoms with Gasteiger partial charge in [0.2, 0.25) is 0 Å². The molecular weight excluding hydrogens is 298 g/mol. The van der Waals surface area contributed by atoms with Gasteiger partial charge >= 0.3 is 0 Å². The minimum atomic E-state index is 0.325. The molecule has 2 aliphatic rings. The quantitative estimate of drug-likeness (QED) is 0.661. The number of nitrogens with one attached hydrogen (secondary N) is 1. The first kappa shape index (κ1) is 15.7. The summed E-state index contributed by atoms with van der Waals surface area (Å²) in [4.78, 5) is 4.69. The van der Waals surface area contributed by atoms with Crippen molar-refractivity contribution < 1.29 is 0 Å². The van der Waals surface area contributed by atoms with Gasteiger partial charge in [0.05, 0.1) is 0 Å². The fourth-order valence-corrected chi connectivity index (χ4v) is 6.63. The molecule has 1 aromatic rings. The second-order valence-corrected chi connectivity index (χ2v) is 9.19. The lowest BCUT2D eigenvalue weighted by Gasteiger charge is -2.40. The Morgan fingerprint density at radius 3 is 3.00 bits per heavy atom. The second kappa shape index (κ2) is 6.90. The molecule has 5 heteroatoms. The molecule has 1 aromatic heterocycles. The number of rotatable bonds is 3. The zero-order valence-electron chi connectivity index (χ0n) is 12.8. The number of fused-ring (bicyclic) bond motifs is 1. The van der Waals surface area contributed by atoms with Crippen LogP contribution in [0.25, 0.3) is 0 Å². The predicted molar refractivity (Wildman–Crippen MR) is 93.8 cm³/mol. The van der Waals surface area contributed by atoms with Crippen molar-refractivity contribution in [1.82, 2.24) is 10.4 Å². The molecule has 3 rings (SSSR count). The van der Waals surface area contributed by atoms with E-state index in [1.165, 1.54) is 29.9 Å². The molecule has 1 fully saturated rings. The van der Waals surface area contributed by atoms with Crippen LogP contribution in [-0.2, 0) is 6.42 Å². The molecule has 0 amide bonds. The largest absolute Gasteiger partial charge is 0.271 e. The van der Waals surface area contributed by atoms with Gasteiger partial charge in [0.1, 0.15) is 0 Å². The van der Waals surface area contributed by atoms with E-state index in [1.54, 1.807) is 0 Å². The summed E-state index contributed by atoms with van der Waals surface area (Å²) in [5.74, 6) is 7.61. The van der Waals surface area contributed by atoms with E-state index in [4.69, 9.17) is 5.84 Å². The normalized spacial score (nSPS) is 34.2. The van der Waals surface area contributed by atoms with E-state index < -0.39 is 0 Å². The Kier molecular flexibility index (Phi) is 5.15. The molecule has 2 heterocycles. The van der Waals surface area contributed by atoms with Crippen LogP contribution in [-0.4, -0.2) is 32.5 Å². The monoisotopic (exact) mass is 323 g/mol. The number of aromatic nitrogens is 1. The van der Waals surface area contributed by atoms with Gasteiger partial charge in [0.15, 0.2) is 0 Å². The maximum absolute atomic E-state index is 5.97. The SMILES string of the molecule is CC1SCC(C(NN)C2CCCc3cccnc32)SC1C. The molecule has 0 bridgehead atoms. The first-order valence-electron chi connectivity index (χ1n) is 7.87. The summed E-state index contributed by atoms with van der Waals surface area (Å²) in [5, 5.41) is 2.00. The highest BCUT2D eigenvalue weighted by Gasteiger charge is 2.37. The molecule has 116 valence electrons. The van der Waals surface area contributed by atoms with Crippen LogP contribution in [0.3, 0.4) is 0 Å². The lowest BCUT2D eigenvalue weighted by molar-refractivity contribution is 0.388. The number of aryl methyl sites for hydroxylation is 1. The molecule has 0 aromatic carbocycles. The van der Waals surface area contributed by atoms with Gasteiger partial charge in [0.25, 0.3) is 0 Å². The Labute approximate surface area is 136 Å². The minimum Gasteiger partial charge on any atom is -0.271 e. The number of hydrogen-bond donors (Lipinski definition) is 2. The van der Waals surface area contributed by atoms with Gasteiger partial charge in [-0.2, -0.15) is 23.5 Å².